The Morgan fingerprint density at radius 3 is 2.64 bits per heavy atom. The zero-order chi connectivity index (χ0) is 19.6. The summed E-state index contributed by atoms with van der Waals surface area (Å²) in [7, 11) is -3.35. The van der Waals surface area contributed by atoms with E-state index < -0.39 is 9.84 Å². The van der Waals surface area contributed by atoms with Crippen molar-refractivity contribution >= 4 is 44.0 Å². The van der Waals surface area contributed by atoms with E-state index in [0.717, 1.165) is 27.5 Å². The third-order valence-corrected chi connectivity index (χ3v) is 8.17. The van der Waals surface area contributed by atoms with E-state index >= 15 is 0 Å². The average Bonchev–Trinajstić information content (AvgIpc) is 3.10. The third-order valence-electron chi connectivity index (χ3n) is 4.31. The lowest BCUT2D eigenvalue weighted by Gasteiger charge is -2.13. The zero-order valence-corrected chi connectivity index (χ0v) is 17.4. The Balaban J connectivity index is 1.38. The molecule has 0 bridgehead atoms. The number of hydrogen-bond donors (Lipinski definition) is 1. The maximum Gasteiger partial charge on any atom is 0.227 e. The first-order valence-electron chi connectivity index (χ1n) is 8.76. The topological polar surface area (TPSA) is 76.1 Å². The van der Waals surface area contributed by atoms with Crippen LogP contribution in [0.5, 0.6) is 0 Å². The minimum atomic E-state index is -3.35. The lowest BCUT2D eigenvalue weighted by atomic mass is 10.1. The van der Waals surface area contributed by atoms with Crippen LogP contribution in [0, 0.1) is 0 Å². The van der Waals surface area contributed by atoms with Crippen molar-refractivity contribution in [3.8, 4) is 11.3 Å². The van der Waals surface area contributed by atoms with Gasteiger partial charge in [0, 0.05) is 27.5 Å². The number of carbonyl (C=O) groups is 1. The van der Waals surface area contributed by atoms with Gasteiger partial charge >= 0.3 is 0 Å². The molecule has 0 saturated carbocycles. The van der Waals surface area contributed by atoms with Crippen molar-refractivity contribution in [1.29, 1.82) is 0 Å². The van der Waals surface area contributed by atoms with E-state index in [-0.39, 0.29) is 23.8 Å². The number of nitrogens with zero attached hydrogens (tertiary/aromatic N) is 1. The summed E-state index contributed by atoms with van der Waals surface area (Å²) in [6.07, 6.45) is -0.0786. The molecule has 0 fully saturated rings. The number of nitrogens with one attached hydrogen (secondary N) is 1. The molecule has 8 heteroatoms. The molecule has 3 aromatic rings. The average molecular weight is 431 g/mol. The Bertz CT molecular complexity index is 1110. The van der Waals surface area contributed by atoms with Gasteiger partial charge in [0.1, 0.15) is 0 Å². The first-order chi connectivity index (χ1) is 13.5. The molecule has 0 radical (unpaired) electrons. The van der Waals surface area contributed by atoms with E-state index in [0.29, 0.717) is 5.13 Å². The highest BCUT2D eigenvalue weighted by Gasteiger charge is 2.22. The second-order valence-corrected chi connectivity index (χ2v) is 10.7. The quantitative estimate of drug-likeness (QED) is 0.629. The number of amides is 1. The van der Waals surface area contributed by atoms with Gasteiger partial charge in [0.05, 0.1) is 17.2 Å². The number of rotatable bonds is 6. The second kappa shape index (κ2) is 8.06. The molecular weight excluding hydrogens is 412 g/mol. The van der Waals surface area contributed by atoms with Gasteiger partial charge < -0.3 is 5.32 Å². The van der Waals surface area contributed by atoms with Crippen molar-refractivity contribution in [1.82, 2.24) is 4.98 Å². The van der Waals surface area contributed by atoms with E-state index in [1.165, 1.54) is 16.2 Å². The lowest BCUT2D eigenvalue weighted by Crippen LogP contribution is -2.18. The van der Waals surface area contributed by atoms with Gasteiger partial charge in [0.15, 0.2) is 15.0 Å². The van der Waals surface area contributed by atoms with Crippen molar-refractivity contribution in [2.75, 3.05) is 11.1 Å². The van der Waals surface area contributed by atoms with Crippen LogP contribution in [-0.2, 0) is 26.1 Å². The molecule has 0 atom stereocenters. The Hall–Kier alpha value is -2.16. The largest absolute Gasteiger partial charge is 0.302 e. The van der Waals surface area contributed by atoms with Gasteiger partial charge in [-0.25, -0.2) is 13.4 Å². The van der Waals surface area contributed by atoms with Crippen LogP contribution < -0.4 is 5.32 Å². The molecule has 4 rings (SSSR count). The van der Waals surface area contributed by atoms with Gasteiger partial charge in [0.2, 0.25) is 5.91 Å². The highest BCUT2D eigenvalue weighted by molar-refractivity contribution is 7.98. The Morgan fingerprint density at radius 2 is 1.82 bits per heavy atom. The first kappa shape index (κ1) is 19.2. The monoisotopic (exact) mass is 430 g/mol. The standard InChI is InChI=1S/C20H18N2O3S3/c23-18(10-11-28(24,25)13-14-6-2-1-3-7-14)21-20-22-19-15-8-4-5-9-16(15)26-12-17(19)27-20/h1-9H,10-13H2,(H,21,22,23). The molecule has 1 aliphatic rings. The molecule has 1 N–H and O–H groups in total. The van der Waals surface area contributed by atoms with Crippen molar-refractivity contribution in [3.05, 3.63) is 65.0 Å². The van der Waals surface area contributed by atoms with E-state index in [9.17, 15) is 13.2 Å². The summed E-state index contributed by atoms with van der Waals surface area (Å²) in [5, 5.41) is 3.28. The molecule has 0 spiro atoms. The highest BCUT2D eigenvalue weighted by Crippen LogP contribution is 2.44. The van der Waals surface area contributed by atoms with E-state index in [1.807, 2.05) is 24.3 Å². The van der Waals surface area contributed by atoms with E-state index in [2.05, 4.69) is 16.4 Å². The van der Waals surface area contributed by atoms with Crippen LogP contribution in [0.1, 0.15) is 16.9 Å². The fourth-order valence-electron chi connectivity index (χ4n) is 2.98. The first-order valence-corrected chi connectivity index (χ1v) is 12.4. The predicted molar refractivity (Wildman–Crippen MR) is 114 cm³/mol. The number of aromatic nitrogens is 1. The molecular formula is C20H18N2O3S3. The third kappa shape index (κ3) is 4.45. The van der Waals surface area contributed by atoms with Gasteiger partial charge in [0.25, 0.3) is 0 Å². The molecule has 28 heavy (non-hydrogen) atoms. The molecule has 0 unspecified atom stereocenters. The molecule has 0 aliphatic carbocycles. The van der Waals surface area contributed by atoms with Gasteiger partial charge in [-0.05, 0) is 11.6 Å². The van der Waals surface area contributed by atoms with Crippen molar-refractivity contribution in [3.63, 3.8) is 0 Å². The number of benzene rings is 2. The fourth-order valence-corrected chi connectivity index (χ4v) is 6.43. The van der Waals surface area contributed by atoms with Gasteiger partial charge in [-0.15, -0.1) is 23.1 Å². The maximum absolute atomic E-state index is 12.3. The zero-order valence-electron chi connectivity index (χ0n) is 14.9. The predicted octanol–water partition coefficient (Wildman–Crippen LogP) is 4.36. The van der Waals surface area contributed by atoms with Crippen LogP contribution >= 0.6 is 23.1 Å². The number of fused-ring (bicyclic) bond motifs is 3. The highest BCUT2D eigenvalue weighted by atomic mass is 32.2. The number of hydrogen-bond acceptors (Lipinski definition) is 6. The number of anilines is 1. The molecule has 1 aromatic heterocycles. The minimum Gasteiger partial charge on any atom is -0.302 e. The fraction of sp³-hybridized carbons (Fsp3) is 0.200. The number of carbonyl (C=O) groups excluding carboxylic acids is 1. The van der Waals surface area contributed by atoms with Gasteiger partial charge in [-0.2, -0.15) is 0 Å². The maximum atomic E-state index is 12.3. The number of thioether (sulfide) groups is 1. The molecule has 2 aromatic carbocycles. The molecule has 2 heterocycles. The molecule has 144 valence electrons. The lowest BCUT2D eigenvalue weighted by molar-refractivity contribution is -0.115. The summed E-state index contributed by atoms with van der Waals surface area (Å²) in [5.74, 6) is 0.257. The summed E-state index contributed by atoms with van der Waals surface area (Å²) in [6.45, 7) is 0. The SMILES string of the molecule is O=C(CCS(=O)(=O)Cc1ccccc1)Nc1nc2c(s1)CSc1ccccc1-2. The normalized spacial score (nSPS) is 12.9. The van der Waals surface area contributed by atoms with Crippen LogP contribution in [0.4, 0.5) is 5.13 Å². The summed E-state index contributed by atoms with van der Waals surface area (Å²) in [4.78, 5) is 19.1. The summed E-state index contributed by atoms with van der Waals surface area (Å²) >= 11 is 3.21. The van der Waals surface area contributed by atoms with Crippen molar-refractivity contribution in [2.45, 2.75) is 22.8 Å². The second-order valence-electron chi connectivity index (χ2n) is 6.45. The molecule has 1 amide bonds. The van der Waals surface area contributed by atoms with Crippen LogP contribution in [-0.4, -0.2) is 25.1 Å². The molecule has 0 saturated heterocycles. The van der Waals surface area contributed by atoms with Crippen molar-refractivity contribution in [2.24, 2.45) is 0 Å². The van der Waals surface area contributed by atoms with Gasteiger partial charge in [-0.1, -0.05) is 48.5 Å². The van der Waals surface area contributed by atoms with Crippen LogP contribution in [0.25, 0.3) is 11.3 Å². The number of thiazole rings is 1. The van der Waals surface area contributed by atoms with Crippen LogP contribution in [0.15, 0.2) is 59.5 Å². The molecule has 5 nitrogen and oxygen atoms in total. The Morgan fingerprint density at radius 1 is 1.07 bits per heavy atom. The van der Waals surface area contributed by atoms with Crippen molar-refractivity contribution < 1.29 is 13.2 Å². The van der Waals surface area contributed by atoms with Gasteiger partial charge in [-0.3, -0.25) is 4.79 Å². The number of sulfone groups is 1. The minimum absolute atomic E-state index is 0.0549. The summed E-state index contributed by atoms with van der Waals surface area (Å²) < 4.78 is 24.5. The summed E-state index contributed by atoms with van der Waals surface area (Å²) in [5.41, 5.74) is 2.72. The van der Waals surface area contributed by atoms with E-state index in [1.54, 1.807) is 36.0 Å². The van der Waals surface area contributed by atoms with Crippen LogP contribution in [0.3, 0.4) is 0 Å². The summed E-state index contributed by atoms with van der Waals surface area (Å²) in [6, 6.07) is 17.1. The Kier molecular flexibility index (Phi) is 5.52. The molecule has 1 aliphatic heterocycles. The smallest absolute Gasteiger partial charge is 0.227 e. The Labute approximate surface area is 172 Å². The van der Waals surface area contributed by atoms with Crippen LogP contribution in [0.2, 0.25) is 0 Å². The van der Waals surface area contributed by atoms with E-state index in [4.69, 9.17) is 0 Å².